The Morgan fingerprint density at radius 1 is 1.42 bits per heavy atom. The van der Waals surface area contributed by atoms with Crippen LogP contribution in [-0.4, -0.2) is 78.4 Å². The van der Waals surface area contributed by atoms with Crippen molar-refractivity contribution in [3.05, 3.63) is 23.9 Å². The summed E-state index contributed by atoms with van der Waals surface area (Å²) in [4.78, 5) is 24.9. The predicted molar refractivity (Wildman–Crippen MR) is 105 cm³/mol. The molecule has 2 aliphatic heterocycles. The van der Waals surface area contributed by atoms with Crippen LogP contribution >= 0.6 is 0 Å². The maximum absolute atomic E-state index is 12.5. The Labute approximate surface area is 156 Å². The Bertz CT molecular complexity index is 589. The first-order valence-electron chi connectivity index (χ1n) is 9.30. The summed E-state index contributed by atoms with van der Waals surface area (Å²) in [5, 5.41) is 13.6. The minimum atomic E-state index is -0.652. The first-order valence-corrected chi connectivity index (χ1v) is 9.30. The number of piperidine rings is 1. The number of hydrogen-bond donors (Lipinski definition) is 2. The summed E-state index contributed by atoms with van der Waals surface area (Å²) >= 11 is 0. The number of nitrogens with zero attached hydrogens (tertiary/aromatic N) is 4. The maximum Gasteiger partial charge on any atom is 0.252 e. The number of aliphatic imine (C=N–C) groups is 2. The topological polar surface area (TPSA) is 80.5 Å². The SMILES string of the molecule is C=N/C=C1/C=CC(=O)N([C@H](CC)C(C)O)/C1=N/CNC1CCN(C)CC1. The molecule has 0 aromatic carbocycles. The molecule has 2 atom stereocenters. The van der Waals surface area contributed by atoms with Crippen molar-refractivity contribution in [1.29, 1.82) is 0 Å². The van der Waals surface area contributed by atoms with Crippen molar-refractivity contribution < 1.29 is 9.90 Å². The van der Waals surface area contributed by atoms with E-state index < -0.39 is 6.10 Å². The van der Waals surface area contributed by atoms with Gasteiger partial charge in [-0.25, -0.2) is 0 Å². The fraction of sp³-hybridized carbons (Fsp3) is 0.632. The van der Waals surface area contributed by atoms with Crippen LogP contribution in [0.25, 0.3) is 0 Å². The zero-order valence-electron chi connectivity index (χ0n) is 16.1. The van der Waals surface area contributed by atoms with Crippen molar-refractivity contribution in [3.8, 4) is 0 Å². The lowest BCUT2D eigenvalue weighted by Gasteiger charge is -2.35. The van der Waals surface area contributed by atoms with E-state index >= 15 is 0 Å². The van der Waals surface area contributed by atoms with Crippen LogP contribution in [0.3, 0.4) is 0 Å². The Balaban J connectivity index is 2.19. The Morgan fingerprint density at radius 2 is 2.12 bits per heavy atom. The van der Waals surface area contributed by atoms with Crippen molar-refractivity contribution in [2.24, 2.45) is 9.98 Å². The van der Waals surface area contributed by atoms with Gasteiger partial charge in [0, 0.05) is 23.9 Å². The van der Waals surface area contributed by atoms with Crippen LogP contribution in [-0.2, 0) is 4.79 Å². The lowest BCUT2D eigenvalue weighted by molar-refractivity contribution is -0.125. The molecule has 2 rings (SSSR count). The van der Waals surface area contributed by atoms with Crippen molar-refractivity contribution in [2.75, 3.05) is 26.8 Å². The van der Waals surface area contributed by atoms with Gasteiger partial charge in [-0.1, -0.05) is 6.92 Å². The van der Waals surface area contributed by atoms with Gasteiger partial charge in [0.25, 0.3) is 5.91 Å². The first kappa shape index (κ1) is 20.5. The molecule has 2 aliphatic rings. The molecule has 0 aromatic rings. The number of carbonyl (C=O) groups is 1. The Hall–Kier alpha value is -1.83. The summed E-state index contributed by atoms with van der Waals surface area (Å²) in [6.07, 6.45) is 6.95. The van der Waals surface area contributed by atoms with Crippen molar-refractivity contribution >= 4 is 18.5 Å². The summed E-state index contributed by atoms with van der Waals surface area (Å²) in [5.41, 5.74) is 0.726. The number of aliphatic hydroxyl groups is 1. The predicted octanol–water partition coefficient (Wildman–Crippen LogP) is 1.17. The summed E-state index contributed by atoms with van der Waals surface area (Å²) in [5.74, 6) is 0.370. The standard InChI is InChI=1S/C19H31N5O2/c1-5-17(14(2)25)24-18(26)7-6-15(12-20-3)19(24)22-13-21-16-8-10-23(4)11-9-16/h6-7,12,14,16-17,21,25H,3,5,8-11,13H2,1-2,4H3/b15-12-,22-19+/t14?,17-/m1/s1. The molecule has 7 nitrogen and oxygen atoms in total. The van der Waals surface area contributed by atoms with Crippen molar-refractivity contribution in [3.63, 3.8) is 0 Å². The van der Waals surface area contributed by atoms with Crippen molar-refractivity contribution in [2.45, 2.75) is 51.3 Å². The zero-order chi connectivity index (χ0) is 19.1. The number of nitrogens with one attached hydrogen (secondary N) is 1. The van der Waals surface area contributed by atoms with Crippen LogP contribution in [0.5, 0.6) is 0 Å². The largest absolute Gasteiger partial charge is 0.391 e. The van der Waals surface area contributed by atoms with Gasteiger partial charge in [-0.05, 0) is 59.1 Å². The number of hydrogen-bond acceptors (Lipinski definition) is 6. The second-order valence-electron chi connectivity index (χ2n) is 6.95. The van der Waals surface area contributed by atoms with Crippen LogP contribution in [0.4, 0.5) is 0 Å². The van der Waals surface area contributed by atoms with Gasteiger partial charge < -0.3 is 10.0 Å². The molecule has 1 fully saturated rings. The zero-order valence-corrected chi connectivity index (χ0v) is 16.1. The number of aliphatic hydroxyl groups excluding tert-OH is 1. The smallest absolute Gasteiger partial charge is 0.252 e. The number of carbonyl (C=O) groups excluding carboxylic acids is 1. The summed E-state index contributed by atoms with van der Waals surface area (Å²) in [6, 6.07) is 0.102. The quantitative estimate of drug-likeness (QED) is 0.667. The van der Waals surface area contributed by atoms with Crippen LogP contribution < -0.4 is 5.32 Å². The highest BCUT2D eigenvalue weighted by Gasteiger charge is 2.32. The molecule has 26 heavy (non-hydrogen) atoms. The average Bonchev–Trinajstić information content (AvgIpc) is 2.61. The normalized spacial score (nSPS) is 25.1. The van der Waals surface area contributed by atoms with E-state index in [0.717, 1.165) is 31.5 Å². The fourth-order valence-corrected chi connectivity index (χ4v) is 3.45. The lowest BCUT2D eigenvalue weighted by Crippen LogP contribution is -2.51. The molecule has 1 amide bonds. The number of rotatable bonds is 7. The third-order valence-corrected chi connectivity index (χ3v) is 4.99. The monoisotopic (exact) mass is 361 g/mol. The summed E-state index contributed by atoms with van der Waals surface area (Å²) in [6.45, 7) is 9.73. The number of amidine groups is 1. The molecule has 7 heteroatoms. The fourth-order valence-electron chi connectivity index (χ4n) is 3.45. The van der Waals surface area contributed by atoms with Gasteiger partial charge in [-0.3, -0.25) is 25.0 Å². The third-order valence-electron chi connectivity index (χ3n) is 4.99. The Kier molecular flexibility index (Phi) is 7.68. The molecule has 1 unspecified atom stereocenters. The summed E-state index contributed by atoms with van der Waals surface area (Å²) in [7, 11) is 2.13. The van der Waals surface area contributed by atoms with E-state index in [-0.39, 0.29) is 11.9 Å². The van der Waals surface area contributed by atoms with Gasteiger partial charge >= 0.3 is 0 Å². The first-order chi connectivity index (χ1) is 12.5. The minimum absolute atomic E-state index is 0.169. The van der Waals surface area contributed by atoms with E-state index in [1.165, 1.54) is 6.08 Å². The van der Waals surface area contributed by atoms with Crippen LogP contribution in [0.1, 0.15) is 33.1 Å². The van der Waals surface area contributed by atoms with E-state index in [1.807, 2.05) is 6.92 Å². The molecular formula is C19H31N5O2. The van der Waals surface area contributed by atoms with Crippen LogP contribution in [0.2, 0.25) is 0 Å². The maximum atomic E-state index is 12.5. The molecule has 144 valence electrons. The molecule has 1 saturated heterocycles. The minimum Gasteiger partial charge on any atom is -0.391 e. The van der Waals surface area contributed by atoms with Gasteiger partial charge in [0.1, 0.15) is 5.84 Å². The molecule has 0 saturated carbocycles. The molecule has 0 spiro atoms. The summed E-state index contributed by atoms with van der Waals surface area (Å²) < 4.78 is 0. The number of amides is 1. The second kappa shape index (κ2) is 9.75. The highest BCUT2D eigenvalue weighted by Crippen LogP contribution is 2.20. The molecule has 0 radical (unpaired) electrons. The third kappa shape index (κ3) is 5.09. The van der Waals surface area contributed by atoms with E-state index in [2.05, 4.69) is 34.0 Å². The van der Waals surface area contributed by atoms with Crippen LogP contribution in [0, 0.1) is 0 Å². The van der Waals surface area contributed by atoms with Crippen LogP contribution in [0.15, 0.2) is 33.9 Å². The van der Waals surface area contributed by atoms with Gasteiger partial charge in [-0.2, -0.15) is 0 Å². The van der Waals surface area contributed by atoms with Crippen molar-refractivity contribution in [1.82, 2.24) is 15.1 Å². The van der Waals surface area contributed by atoms with E-state index in [1.54, 1.807) is 24.1 Å². The average molecular weight is 361 g/mol. The molecular weight excluding hydrogens is 330 g/mol. The molecule has 2 N–H and O–H groups in total. The molecule has 0 aliphatic carbocycles. The van der Waals surface area contributed by atoms with E-state index in [0.29, 0.717) is 25.0 Å². The van der Waals surface area contributed by atoms with Gasteiger partial charge in [0.05, 0.1) is 18.8 Å². The second-order valence-corrected chi connectivity index (χ2v) is 6.95. The molecule has 2 heterocycles. The highest BCUT2D eigenvalue weighted by molar-refractivity contribution is 6.15. The molecule has 0 aromatic heterocycles. The highest BCUT2D eigenvalue weighted by atomic mass is 16.3. The van der Waals surface area contributed by atoms with E-state index in [4.69, 9.17) is 0 Å². The van der Waals surface area contributed by atoms with Gasteiger partial charge in [0.15, 0.2) is 0 Å². The van der Waals surface area contributed by atoms with Gasteiger partial charge in [0.2, 0.25) is 0 Å². The van der Waals surface area contributed by atoms with Gasteiger partial charge in [-0.15, -0.1) is 0 Å². The lowest BCUT2D eigenvalue weighted by atomic mass is 10.0. The molecule has 0 bridgehead atoms. The van der Waals surface area contributed by atoms with E-state index in [9.17, 15) is 9.90 Å². The Morgan fingerprint density at radius 3 is 2.69 bits per heavy atom. The number of likely N-dealkylation sites (tertiary alicyclic amines) is 1.